The molecule has 106 valence electrons. The lowest BCUT2D eigenvalue weighted by Gasteiger charge is -2.27. The van der Waals surface area contributed by atoms with Gasteiger partial charge >= 0.3 is 0 Å². The quantitative estimate of drug-likeness (QED) is 0.504. The highest BCUT2D eigenvalue weighted by Gasteiger charge is 2.20. The van der Waals surface area contributed by atoms with E-state index >= 15 is 0 Å². The average Bonchev–Trinajstić information content (AvgIpc) is 2.52. The molecule has 1 heteroatoms. The molecule has 0 atom stereocenters. The van der Waals surface area contributed by atoms with Gasteiger partial charge < -0.3 is 0 Å². The fraction of sp³-hybridized carbons (Fsp3) is 0.526. The van der Waals surface area contributed by atoms with E-state index in [1.807, 2.05) is 12.1 Å². The van der Waals surface area contributed by atoms with Gasteiger partial charge in [-0.1, -0.05) is 44.1 Å². The minimum Gasteiger partial charge on any atom is -0.192 e. The Hall–Kier alpha value is -1.55. The van der Waals surface area contributed by atoms with Crippen molar-refractivity contribution in [3.63, 3.8) is 0 Å². The lowest BCUT2D eigenvalue weighted by molar-refractivity contribution is 0.375. The highest BCUT2D eigenvalue weighted by molar-refractivity contribution is 5.33. The maximum absolute atomic E-state index is 8.84. The van der Waals surface area contributed by atoms with Crippen molar-refractivity contribution in [3.8, 4) is 6.07 Å². The second kappa shape index (κ2) is 7.90. The van der Waals surface area contributed by atoms with Crippen LogP contribution in [0.25, 0.3) is 0 Å². The fourth-order valence-electron chi connectivity index (χ4n) is 3.09. The van der Waals surface area contributed by atoms with Crippen LogP contribution in [-0.4, -0.2) is 0 Å². The summed E-state index contributed by atoms with van der Waals surface area (Å²) < 4.78 is 0. The van der Waals surface area contributed by atoms with Crippen molar-refractivity contribution < 1.29 is 0 Å². The van der Waals surface area contributed by atoms with Crippen molar-refractivity contribution in [2.45, 2.75) is 57.8 Å². The normalized spacial score (nSPS) is 22.8. The van der Waals surface area contributed by atoms with Crippen LogP contribution >= 0.6 is 0 Å². The first-order valence-corrected chi connectivity index (χ1v) is 8.00. The van der Waals surface area contributed by atoms with E-state index in [1.165, 1.54) is 50.5 Å². The molecule has 1 aliphatic carbocycles. The molecule has 0 spiro atoms. The van der Waals surface area contributed by atoms with Gasteiger partial charge in [0.05, 0.1) is 11.6 Å². The molecule has 2 rings (SSSR count). The number of hydrogen-bond donors (Lipinski definition) is 0. The van der Waals surface area contributed by atoms with Crippen molar-refractivity contribution in [1.82, 2.24) is 0 Å². The Balaban J connectivity index is 1.81. The third-order valence-corrected chi connectivity index (χ3v) is 4.42. The summed E-state index contributed by atoms with van der Waals surface area (Å²) in [6, 6.07) is 10.4. The maximum atomic E-state index is 8.84. The summed E-state index contributed by atoms with van der Waals surface area (Å²) in [6.45, 7) is 2.25. The second-order valence-electron chi connectivity index (χ2n) is 5.92. The fourth-order valence-corrected chi connectivity index (χ4v) is 3.09. The maximum Gasteiger partial charge on any atom is 0.0991 e. The average molecular weight is 267 g/mol. The van der Waals surface area contributed by atoms with E-state index in [0.29, 0.717) is 5.92 Å². The molecule has 0 unspecified atom stereocenters. The van der Waals surface area contributed by atoms with Gasteiger partial charge in [0.2, 0.25) is 0 Å². The van der Waals surface area contributed by atoms with E-state index in [2.05, 4.69) is 37.3 Å². The van der Waals surface area contributed by atoms with Crippen LogP contribution in [0, 0.1) is 17.2 Å². The Labute approximate surface area is 123 Å². The summed E-state index contributed by atoms with van der Waals surface area (Å²) in [5.41, 5.74) is 2.18. The molecule has 1 saturated carbocycles. The van der Waals surface area contributed by atoms with Gasteiger partial charge in [0.15, 0.2) is 0 Å². The molecule has 1 aromatic rings. The molecule has 1 fully saturated rings. The van der Waals surface area contributed by atoms with E-state index in [-0.39, 0.29) is 0 Å². The van der Waals surface area contributed by atoms with Gasteiger partial charge in [-0.2, -0.15) is 5.26 Å². The molecule has 0 saturated heterocycles. The number of nitrogens with zero attached hydrogens (tertiary/aromatic N) is 1. The molecule has 0 aromatic heterocycles. The van der Waals surface area contributed by atoms with Crippen LogP contribution in [0.15, 0.2) is 36.4 Å². The number of unbranched alkanes of at least 4 members (excludes halogenated alkanes) is 2. The standard InChI is InChI=1S/C19H25N/c1-2-3-4-5-6-16-7-11-18(12-8-16)19-13-9-17(15-20)10-14-19/h5-6,9-10,13-14,16,18H,2-4,7-8,11-12H2,1H3/t16-,18-. The third-order valence-electron chi connectivity index (χ3n) is 4.42. The summed E-state index contributed by atoms with van der Waals surface area (Å²) in [4.78, 5) is 0. The number of rotatable bonds is 5. The molecular weight excluding hydrogens is 242 g/mol. The van der Waals surface area contributed by atoms with Gasteiger partial charge in [-0.3, -0.25) is 0 Å². The molecule has 0 aliphatic heterocycles. The Bertz CT molecular complexity index is 456. The Morgan fingerprint density at radius 2 is 1.85 bits per heavy atom. The molecule has 0 N–H and O–H groups in total. The van der Waals surface area contributed by atoms with Gasteiger partial charge in [0, 0.05) is 0 Å². The monoisotopic (exact) mass is 267 g/mol. The molecule has 1 nitrogen and oxygen atoms in total. The van der Waals surface area contributed by atoms with Crippen molar-refractivity contribution in [2.75, 3.05) is 0 Å². The van der Waals surface area contributed by atoms with Gasteiger partial charge in [-0.15, -0.1) is 0 Å². The molecular formula is C19H25N. The van der Waals surface area contributed by atoms with Crippen LogP contribution in [0.3, 0.4) is 0 Å². The Kier molecular flexibility index (Phi) is 5.87. The molecule has 20 heavy (non-hydrogen) atoms. The van der Waals surface area contributed by atoms with Gasteiger partial charge in [-0.25, -0.2) is 0 Å². The molecule has 0 amide bonds. The summed E-state index contributed by atoms with van der Waals surface area (Å²) in [6.07, 6.45) is 13.9. The first kappa shape index (κ1) is 14.9. The van der Waals surface area contributed by atoms with Gasteiger partial charge in [0.25, 0.3) is 0 Å². The molecule has 0 heterocycles. The highest BCUT2D eigenvalue weighted by atomic mass is 14.3. The Morgan fingerprint density at radius 3 is 2.45 bits per heavy atom. The summed E-state index contributed by atoms with van der Waals surface area (Å²) in [5, 5.41) is 8.84. The third kappa shape index (κ3) is 4.23. The topological polar surface area (TPSA) is 23.8 Å². The predicted molar refractivity (Wildman–Crippen MR) is 84.5 cm³/mol. The summed E-state index contributed by atoms with van der Waals surface area (Å²) in [7, 11) is 0. The summed E-state index contributed by atoms with van der Waals surface area (Å²) in [5.74, 6) is 1.49. The SMILES string of the molecule is CCCCC=C[C@H]1CC[C@H](c2ccc(C#N)cc2)CC1. The van der Waals surface area contributed by atoms with Crippen LogP contribution in [0.5, 0.6) is 0 Å². The summed E-state index contributed by atoms with van der Waals surface area (Å²) >= 11 is 0. The van der Waals surface area contributed by atoms with E-state index in [1.54, 1.807) is 0 Å². The largest absolute Gasteiger partial charge is 0.192 e. The lowest BCUT2D eigenvalue weighted by atomic mass is 9.78. The van der Waals surface area contributed by atoms with Crippen molar-refractivity contribution >= 4 is 0 Å². The predicted octanol–water partition coefficient (Wildman–Crippen LogP) is 5.58. The zero-order valence-corrected chi connectivity index (χ0v) is 12.5. The zero-order valence-electron chi connectivity index (χ0n) is 12.5. The highest BCUT2D eigenvalue weighted by Crippen LogP contribution is 2.36. The number of benzene rings is 1. The van der Waals surface area contributed by atoms with E-state index in [9.17, 15) is 0 Å². The molecule has 1 aliphatic rings. The van der Waals surface area contributed by atoms with Crippen LogP contribution in [0.1, 0.15) is 68.9 Å². The minimum absolute atomic E-state index is 0.697. The first-order chi connectivity index (χ1) is 9.83. The minimum atomic E-state index is 0.697. The Morgan fingerprint density at radius 1 is 1.15 bits per heavy atom. The first-order valence-electron chi connectivity index (χ1n) is 8.00. The van der Waals surface area contributed by atoms with Crippen molar-refractivity contribution in [2.24, 2.45) is 5.92 Å². The van der Waals surface area contributed by atoms with Gasteiger partial charge in [-0.05, 0) is 61.6 Å². The lowest BCUT2D eigenvalue weighted by Crippen LogP contribution is -2.11. The van der Waals surface area contributed by atoms with Crippen LogP contribution < -0.4 is 0 Å². The van der Waals surface area contributed by atoms with Gasteiger partial charge in [0.1, 0.15) is 0 Å². The number of allylic oxidation sites excluding steroid dienone is 2. The van der Waals surface area contributed by atoms with E-state index in [4.69, 9.17) is 5.26 Å². The van der Waals surface area contributed by atoms with Crippen LogP contribution in [0.2, 0.25) is 0 Å². The van der Waals surface area contributed by atoms with Crippen LogP contribution in [-0.2, 0) is 0 Å². The van der Waals surface area contributed by atoms with E-state index in [0.717, 1.165) is 11.5 Å². The van der Waals surface area contributed by atoms with E-state index < -0.39 is 0 Å². The smallest absolute Gasteiger partial charge is 0.0991 e. The molecule has 0 radical (unpaired) electrons. The van der Waals surface area contributed by atoms with Crippen LogP contribution in [0.4, 0.5) is 0 Å². The number of hydrogen-bond acceptors (Lipinski definition) is 1. The zero-order chi connectivity index (χ0) is 14.2. The second-order valence-corrected chi connectivity index (χ2v) is 5.92. The van der Waals surface area contributed by atoms with Crippen molar-refractivity contribution in [3.05, 3.63) is 47.5 Å². The molecule has 1 aromatic carbocycles. The number of nitriles is 1. The molecule has 0 bridgehead atoms. The van der Waals surface area contributed by atoms with Crippen molar-refractivity contribution in [1.29, 1.82) is 5.26 Å².